The average Bonchev–Trinajstić information content (AvgIpc) is 0.757. The second-order valence-corrected chi connectivity index (χ2v) is 35.3. The summed E-state index contributed by atoms with van der Waals surface area (Å²) in [5.41, 5.74) is 4.66. The number of nitrogens with one attached hydrogen (secondary N) is 2. The van der Waals surface area contributed by atoms with E-state index in [4.69, 9.17) is 61.3 Å². The van der Waals surface area contributed by atoms with Crippen molar-refractivity contribution in [2.45, 2.75) is 180 Å². The number of rotatable bonds is 30. The van der Waals surface area contributed by atoms with Gasteiger partial charge in [0.1, 0.15) is 73.1 Å². The Morgan fingerprint density at radius 3 is 1.21 bits per heavy atom. The van der Waals surface area contributed by atoms with Gasteiger partial charge in [0.15, 0.2) is 33.5 Å². The van der Waals surface area contributed by atoms with Gasteiger partial charge in [-0.1, -0.05) is 239 Å². The van der Waals surface area contributed by atoms with Crippen LogP contribution in [-0.2, 0) is 114 Å². The lowest BCUT2D eigenvalue weighted by Crippen LogP contribution is -2.71. The first-order chi connectivity index (χ1) is 48.9. The second-order valence-electron chi connectivity index (χ2n) is 27.1. The summed E-state index contributed by atoms with van der Waals surface area (Å²) in [6, 6.07) is 69.5. The third-order valence-electron chi connectivity index (χ3n) is 18.8. The van der Waals surface area contributed by atoms with Gasteiger partial charge in [-0.05, 0) is 70.2 Å². The number of aliphatic hydroxyl groups excluding tert-OH is 1. The van der Waals surface area contributed by atoms with E-state index in [1.165, 1.54) is 24.3 Å². The van der Waals surface area contributed by atoms with Crippen molar-refractivity contribution in [2.24, 2.45) is 0 Å². The zero-order valence-corrected chi connectivity index (χ0v) is 59.8. The molecule has 8 aromatic carbocycles. The number of hydrogen-bond acceptors (Lipinski definition) is 18. The molecule has 12 rings (SSSR count). The Morgan fingerprint density at radius 1 is 0.436 bits per heavy atom. The molecule has 0 radical (unpaired) electrons. The Bertz CT molecular complexity index is 4040. The van der Waals surface area contributed by atoms with Crippen LogP contribution in [0.2, 0.25) is 18.1 Å². The molecule has 4 saturated heterocycles. The quantitative estimate of drug-likeness (QED) is 0.0355. The summed E-state index contributed by atoms with van der Waals surface area (Å²) >= 11 is 0. The molecule has 536 valence electrons. The maximum absolute atomic E-state index is 15.5. The molecule has 0 amide bonds. The fourth-order valence-electron chi connectivity index (χ4n) is 12.4. The maximum Gasteiger partial charge on any atom is 0.241 e. The number of sulfonamides is 2. The number of hydrogen-bond donors (Lipinski definition) is 3. The van der Waals surface area contributed by atoms with E-state index in [0.29, 0.717) is 5.56 Å². The fraction of sp³-hybridized carbons (Fsp3) is 0.385. The van der Waals surface area contributed by atoms with Gasteiger partial charge >= 0.3 is 0 Å². The van der Waals surface area contributed by atoms with Crippen molar-refractivity contribution >= 4 is 28.4 Å². The van der Waals surface area contributed by atoms with Crippen LogP contribution in [0.25, 0.3) is 0 Å². The van der Waals surface area contributed by atoms with Gasteiger partial charge in [-0.25, -0.2) is 26.3 Å². The summed E-state index contributed by atoms with van der Waals surface area (Å²) in [4.78, 5) is -0.139. The SMILES string of the molecule is CC(C)(C)[Si](C)(C)O[C@H]1OC(COCc2ccccc2)[C@@H](O[C@@H]2OC(COCc3ccccc3)[C@@H](O[C@@H]3OC4COC(c5ccccc5)O[C@H]4[C@H](O)C3OCc3ccccc3)[C@@H](OCc3ccccc3)C2NS(=O)(=O)c2ccccc2)[C@@H](OCc2ccccc2)C1NS(=O)(=O)c1ccccc1. The largest absolute Gasteiger partial charge is 0.391 e. The lowest BCUT2D eigenvalue weighted by atomic mass is 9.94. The van der Waals surface area contributed by atoms with E-state index in [0.717, 1.165) is 27.8 Å². The van der Waals surface area contributed by atoms with Gasteiger partial charge in [0.25, 0.3) is 0 Å². The highest BCUT2D eigenvalue weighted by Gasteiger charge is 2.59. The summed E-state index contributed by atoms with van der Waals surface area (Å²) in [5.74, 6) is 0. The molecule has 23 heteroatoms. The molecule has 7 unspecified atom stereocenters. The van der Waals surface area contributed by atoms with E-state index < -0.39 is 132 Å². The third kappa shape index (κ3) is 19.2. The van der Waals surface area contributed by atoms with Gasteiger partial charge in [0, 0.05) is 5.56 Å². The molecule has 0 aromatic heterocycles. The van der Waals surface area contributed by atoms with Crippen LogP contribution in [0, 0.1) is 0 Å². The van der Waals surface area contributed by atoms with Crippen LogP contribution in [0.1, 0.15) is 60.4 Å². The van der Waals surface area contributed by atoms with Gasteiger partial charge in [-0.2, -0.15) is 0 Å². The summed E-state index contributed by atoms with van der Waals surface area (Å²) in [6.45, 7) is 9.87. The van der Waals surface area contributed by atoms with Crippen molar-refractivity contribution < 1.29 is 83.2 Å². The third-order valence-corrected chi connectivity index (χ3v) is 26.2. The molecular weight excluding hydrogens is 1350 g/mol. The molecule has 3 N–H and O–H groups in total. The zero-order chi connectivity index (χ0) is 70.4. The number of ether oxygens (including phenoxy) is 12. The zero-order valence-electron chi connectivity index (χ0n) is 57.2. The molecule has 0 spiro atoms. The number of benzene rings is 8. The van der Waals surface area contributed by atoms with Crippen LogP contribution < -0.4 is 9.44 Å². The maximum atomic E-state index is 15.5. The monoisotopic (exact) mass is 1430 g/mol. The first kappa shape index (κ1) is 74.0. The van der Waals surface area contributed by atoms with Crippen molar-refractivity contribution in [3.63, 3.8) is 0 Å². The van der Waals surface area contributed by atoms with E-state index in [2.05, 4.69) is 30.2 Å². The average molecular weight is 1440 g/mol. The highest BCUT2D eigenvalue weighted by Crippen LogP contribution is 2.43. The van der Waals surface area contributed by atoms with Crippen LogP contribution >= 0.6 is 0 Å². The predicted octanol–water partition coefficient (Wildman–Crippen LogP) is 11.3. The lowest BCUT2D eigenvalue weighted by molar-refractivity contribution is -0.391. The minimum absolute atomic E-state index is 0.00735. The van der Waals surface area contributed by atoms with Crippen molar-refractivity contribution in [2.75, 3.05) is 19.8 Å². The topological polar surface area (TPSA) is 233 Å². The molecule has 20 nitrogen and oxygen atoms in total. The predicted molar refractivity (Wildman–Crippen MR) is 378 cm³/mol. The lowest BCUT2D eigenvalue weighted by Gasteiger charge is -2.53. The normalized spacial score (nSPS) is 27.3. The van der Waals surface area contributed by atoms with Crippen molar-refractivity contribution in [3.8, 4) is 0 Å². The molecule has 4 fully saturated rings. The molecule has 8 aromatic rings. The minimum Gasteiger partial charge on any atom is -0.391 e. The van der Waals surface area contributed by atoms with Crippen molar-refractivity contribution in [1.82, 2.24) is 9.44 Å². The van der Waals surface area contributed by atoms with Gasteiger partial charge in [0.2, 0.25) is 20.0 Å². The van der Waals surface area contributed by atoms with Gasteiger partial charge in [-0.3, -0.25) is 0 Å². The minimum atomic E-state index is -4.61. The smallest absolute Gasteiger partial charge is 0.241 e. The summed E-state index contributed by atoms with van der Waals surface area (Å²) in [7, 11) is -12.0. The van der Waals surface area contributed by atoms with E-state index in [1.54, 1.807) is 36.4 Å². The van der Waals surface area contributed by atoms with Crippen LogP contribution in [0.5, 0.6) is 0 Å². The van der Waals surface area contributed by atoms with Crippen LogP contribution in [0.3, 0.4) is 0 Å². The molecule has 4 heterocycles. The molecular formula is C78H90N2O18S2Si. The summed E-state index contributed by atoms with van der Waals surface area (Å²) < 4.78 is 159. The van der Waals surface area contributed by atoms with Crippen molar-refractivity contribution in [1.29, 1.82) is 0 Å². The highest BCUT2D eigenvalue weighted by atomic mass is 32.2. The van der Waals surface area contributed by atoms with E-state index >= 15 is 16.8 Å². The molecule has 0 saturated carbocycles. The first-order valence-corrected chi connectivity index (χ1v) is 40.0. The Morgan fingerprint density at radius 2 is 0.792 bits per heavy atom. The van der Waals surface area contributed by atoms with E-state index in [1.807, 2.05) is 195 Å². The molecule has 0 aliphatic carbocycles. The highest BCUT2D eigenvalue weighted by molar-refractivity contribution is 7.89. The van der Waals surface area contributed by atoms with E-state index in [-0.39, 0.29) is 62.6 Å². The Kier molecular flexibility index (Phi) is 25.1. The number of fused-ring (bicyclic) bond motifs is 1. The second kappa shape index (κ2) is 34.2. The fourth-order valence-corrected chi connectivity index (χ4v) is 16.1. The Balaban J connectivity index is 1.00. The van der Waals surface area contributed by atoms with Crippen molar-refractivity contribution in [3.05, 3.63) is 276 Å². The molecule has 4 aliphatic heterocycles. The van der Waals surface area contributed by atoms with Crippen LogP contribution in [0.15, 0.2) is 252 Å². The van der Waals surface area contributed by atoms with E-state index in [9.17, 15) is 5.11 Å². The summed E-state index contributed by atoms with van der Waals surface area (Å²) in [5, 5.41) is 12.4. The van der Waals surface area contributed by atoms with Gasteiger partial charge < -0.3 is 66.4 Å². The Labute approximate surface area is 593 Å². The molecule has 16 atom stereocenters. The van der Waals surface area contributed by atoms with Crippen LogP contribution in [0.4, 0.5) is 0 Å². The van der Waals surface area contributed by atoms with Crippen LogP contribution in [-0.4, -0.2) is 142 Å². The van der Waals surface area contributed by atoms with Gasteiger partial charge in [-0.15, -0.1) is 0 Å². The first-order valence-electron chi connectivity index (χ1n) is 34.2. The number of aliphatic hydroxyl groups is 1. The standard InChI is InChI=1S/C78H90N2O18S2Si/c1-78(2,3)101(4,5)98-76-66(80-100(84,85)61-44-28-13-29-45-61)72(89-49-57-36-20-9-21-37-57)69(63(93-76)52-87-47-55-32-16-7-17-33-55)96-75-65(79-99(82,83)60-42-26-12-27-43-60)71(88-48-56-34-18-8-19-35-56)70(62(92-75)51-86-46-54-30-14-6-15-31-54)97-77-73(90-50-58-38-22-10-23-39-58)67(81)68-64(94-77)53-91-74(95-68)59-40-24-11-25-41-59/h6-45,62-77,79-81H,46-53H2,1-5H3/t62?,63?,64?,65?,66?,67-,68+,69+,70+,71-,72-,73?,74?,75-,76+,77-/m0/s1. The summed E-state index contributed by atoms with van der Waals surface area (Å²) in [6.07, 6.45) is -18.0. The molecule has 101 heavy (non-hydrogen) atoms. The Hall–Kier alpha value is -6.76. The molecule has 4 aliphatic rings. The van der Waals surface area contributed by atoms with Gasteiger partial charge in [0.05, 0.1) is 62.6 Å². The molecule has 0 bridgehead atoms.